The van der Waals surface area contributed by atoms with E-state index in [4.69, 9.17) is 10.5 Å². The average molecular weight is 258 g/mol. The molecule has 0 saturated carbocycles. The lowest BCUT2D eigenvalue weighted by molar-refractivity contribution is 0.415. The summed E-state index contributed by atoms with van der Waals surface area (Å²) in [6, 6.07) is 7.48. The first-order chi connectivity index (χ1) is 9.17. The fourth-order valence-corrected chi connectivity index (χ4v) is 1.41. The van der Waals surface area contributed by atoms with Crippen LogP contribution in [0.25, 0.3) is 0 Å². The lowest BCUT2D eigenvalue weighted by Crippen LogP contribution is -2.04. The van der Waals surface area contributed by atoms with Crippen molar-refractivity contribution in [2.75, 3.05) is 18.3 Å². The number of hydrogen-bond acceptors (Lipinski definition) is 7. The number of nitrogen functional groups attached to an aromatic ring is 1. The maximum absolute atomic E-state index is 5.51. The molecular formula is C12H14N6O. The number of aryl methyl sites for hydroxylation is 1. The van der Waals surface area contributed by atoms with E-state index in [1.165, 1.54) is 0 Å². The minimum atomic E-state index is 0.162. The van der Waals surface area contributed by atoms with Gasteiger partial charge in [-0.3, -0.25) is 0 Å². The van der Waals surface area contributed by atoms with Crippen molar-refractivity contribution < 1.29 is 4.74 Å². The zero-order valence-electron chi connectivity index (χ0n) is 10.7. The van der Waals surface area contributed by atoms with Crippen molar-refractivity contribution in [1.82, 2.24) is 15.0 Å². The molecule has 0 aliphatic rings. The molecule has 0 atom stereocenters. The quantitative estimate of drug-likeness (QED) is 0.632. The zero-order valence-corrected chi connectivity index (χ0v) is 10.7. The van der Waals surface area contributed by atoms with E-state index in [2.05, 4.69) is 25.5 Å². The Morgan fingerprint density at radius 1 is 1.21 bits per heavy atom. The first-order valence-corrected chi connectivity index (χ1v) is 5.58. The Labute approximate surface area is 110 Å². The van der Waals surface area contributed by atoms with Crippen molar-refractivity contribution in [2.45, 2.75) is 6.92 Å². The maximum Gasteiger partial charge on any atom is 0.248 e. The third-order valence-corrected chi connectivity index (χ3v) is 2.26. The Bertz CT molecular complexity index is 561. The maximum atomic E-state index is 5.51. The van der Waals surface area contributed by atoms with Crippen LogP contribution < -0.4 is 15.9 Å². The number of nitrogens with two attached hydrogens (primary N) is 1. The Balaban J connectivity index is 2.02. The third kappa shape index (κ3) is 3.63. The van der Waals surface area contributed by atoms with Gasteiger partial charge in [0.05, 0.1) is 13.3 Å². The largest absolute Gasteiger partial charge is 0.497 e. The predicted octanol–water partition coefficient (Wildman–Crippen LogP) is 1.22. The topological polar surface area (TPSA) is 98.3 Å². The zero-order chi connectivity index (χ0) is 13.7. The van der Waals surface area contributed by atoms with Crippen LogP contribution in [-0.4, -0.2) is 28.3 Å². The van der Waals surface area contributed by atoms with Gasteiger partial charge in [0.15, 0.2) is 0 Å². The molecule has 0 aliphatic carbocycles. The van der Waals surface area contributed by atoms with Gasteiger partial charge in [-0.2, -0.15) is 20.1 Å². The van der Waals surface area contributed by atoms with E-state index in [1.54, 1.807) is 20.2 Å². The SMILES string of the molecule is COc1ccc(C=NNc2nc(C)nc(N)n2)cc1. The number of aromatic nitrogens is 3. The highest BCUT2D eigenvalue weighted by Crippen LogP contribution is 2.09. The lowest BCUT2D eigenvalue weighted by Gasteiger charge is -2.01. The lowest BCUT2D eigenvalue weighted by atomic mass is 10.2. The number of methoxy groups -OCH3 is 1. The van der Waals surface area contributed by atoms with Crippen LogP contribution in [0.4, 0.5) is 11.9 Å². The van der Waals surface area contributed by atoms with E-state index in [0.29, 0.717) is 11.8 Å². The van der Waals surface area contributed by atoms with Crippen LogP contribution >= 0.6 is 0 Å². The highest BCUT2D eigenvalue weighted by Gasteiger charge is 1.98. The molecule has 0 bridgehead atoms. The molecule has 0 unspecified atom stereocenters. The van der Waals surface area contributed by atoms with Gasteiger partial charge in [0.1, 0.15) is 11.6 Å². The standard InChI is InChI=1S/C12H14N6O/c1-8-15-11(13)17-12(16-8)18-14-7-9-3-5-10(19-2)6-4-9/h3-7H,1-2H3,(H3,13,15,16,17,18). The van der Waals surface area contributed by atoms with Gasteiger partial charge < -0.3 is 10.5 Å². The average Bonchev–Trinajstić information content (AvgIpc) is 2.38. The van der Waals surface area contributed by atoms with E-state index in [9.17, 15) is 0 Å². The molecule has 7 heteroatoms. The molecular weight excluding hydrogens is 244 g/mol. The minimum absolute atomic E-state index is 0.162. The second-order valence-corrected chi connectivity index (χ2v) is 3.71. The molecule has 2 rings (SSSR count). The van der Waals surface area contributed by atoms with Gasteiger partial charge in [-0.15, -0.1) is 0 Å². The van der Waals surface area contributed by atoms with Crippen LogP contribution in [0.3, 0.4) is 0 Å². The molecule has 0 aliphatic heterocycles. The smallest absolute Gasteiger partial charge is 0.248 e. The van der Waals surface area contributed by atoms with Crippen molar-refractivity contribution in [3.8, 4) is 5.75 Å². The first-order valence-electron chi connectivity index (χ1n) is 5.58. The number of nitrogens with one attached hydrogen (secondary N) is 1. The molecule has 1 aromatic carbocycles. The number of nitrogens with zero attached hydrogens (tertiary/aromatic N) is 4. The van der Waals surface area contributed by atoms with Crippen molar-refractivity contribution in [2.24, 2.45) is 5.10 Å². The van der Waals surface area contributed by atoms with Gasteiger partial charge in [0, 0.05) is 0 Å². The van der Waals surface area contributed by atoms with E-state index in [-0.39, 0.29) is 5.95 Å². The molecule has 0 saturated heterocycles. The van der Waals surface area contributed by atoms with Crippen LogP contribution in [0.15, 0.2) is 29.4 Å². The summed E-state index contributed by atoms with van der Waals surface area (Å²) in [7, 11) is 1.62. The Morgan fingerprint density at radius 3 is 2.58 bits per heavy atom. The summed E-state index contributed by atoms with van der Waals surface area (Å²) >= 11 is 0. The number of hydrazone groups is 1. The van der Waals surface area contributed by atoms with E-state index in [1.807, 2.05) is 24.3 Å². The van der Waals surface area contributed by atoms with Crippen LogP contribution in [-0.2, 0) is 0 Å². The number of ether oxygens (including phenoxy) is 1. The van der Waals surface area contributed by atoms with Crippen LogP contribution in [0.1, 0.15) is 11.4 Å². The molecule has 1 aromatic heterocycles. The van der Waals surface area contributed by atoms with Gasteiger partial charge in [-0.1, -0.05) is 0 Å². The Kier molecular flexibility index (Phi) is 3.87. The molecule has 0 amide bonds. The van der Waals surface area contributed by atoms with Crippen LogP contribution in [0, 0.1) is 6.92 Å². The highest BCUT2D eigenvalue weighted by atomic mass is 16.5. The summed E-state index contributed by atoms with van der Waals surface area (Å²) < 4.78 is 5.07. The molecule has 0 fully saturated rings. The summed E-state index contributed by atoms with van der Waals surface area (Å²) in [6.07, 6.45) is 1.65. The molecule has 98 valence electrons. The number of rotatable bonds is 4. The van der Waals surface area contributed by atoms with Gasteiger partial charge in [0.2, 0.25) is 11.9 Å². The Hall–Kier alpha value is -2.70. The highest BCUT2D eigenvalue weighted by molar-refractivity contribution is 5.80. The number of hydrogen-bond donors (Lipinski definition) is 2. The molecule has 0 radical (unpaired) electrons. The second-order valence-electron chi connectivity index (χ2n) is 3.71. The summed E-state index contributed by atoms with van der Waals surface area (Å²) in [5.74, 6) is 1.81. The van der Waals surface area contributed by atoms with Gasteiger partial charge in [-0.05, 0) is 36.8 Å². The molecule has 1 heterocycles. The minimum Gasteiger partial charge on any atom is -0.497 e. The summed E-state index contributed by atoms with van der Waals surface area (Å²) in [6.45, 7) is 1.73. The van der Waals surface area contributed by atoms with E-state index in [0.717, 1.165) is 11.3 Å². The second kappa shape index (κ2) is 5.76. The fourth-order valence-electron chi connectivity index (χ4n) is 1.41. The molecule has 2 aromatic rings. The first kappa shape index (κ1) is 12.7. The fraction of sp³-hybridized carbons (Fsp3) is 0.167. The van der Waals surface area contributed by atoms with Crippen molar-refractivity contribution >= 4 is 18.1 Å². The molecule has 7 nitrogen and oxygen atoms in total. The molecule has 19 heavy (non-hydrogen) atoms. The Morgan fingerprint density at radius 2 is 1.95 bits per heavy atom. The monoisotopic (exact) mass is 258 g/mol. The normalized spacial score (nSPS) is 10.6. The molecule has 0 spiro atoms. The van der Waals surface area contributed by atoms with Crippen LogP contribution in [0.2, 0.25) is 0 Å². The van der Waals surface area contributed by atoms with Crippen molar-refractivity contribution in [3.63, 3.8) is 0 Å². The summed E-state index contributed by atoms with van der Waals surface area (Å²) in [5, 5.41) is 4.03. The third-order valence-electron chi connectivity index (χ3n) is 2.26. The molecule has 3 N–H and O–H groups in total. The number of benzene rings is 1. The van der Waals surface area contributed by atoms with Gasteiger partial charge in [-0.25, -0.2) is 5.43 Å². The van der Waals surface area contributed by atoms with E-state index < -0.39 is 0 Å². The van der Waals surface area contributed by atoms with Gasteiger partial charge in [0.25, 0.3) is 0 Å². The van der Waals surface area contributed by atoms with Gasteiger partial charge >= 0.3 is 0 Å². The van der Waals surface area contributed by atoms with Crippen LogP contribution in [0.5, 0.6) is 5.75 Å². The van der Waals surface area contributed by atoms with Crippen molar-refractivity contribution in [1.29, 1.82) is 0 Å². The summed E-state index contributed by atoms with van der Waals surface area (Å²) in [5.41, 5.74) is 9.13. The predicted molar refractivity (Wildman–Crippen MR) is 73.2 cm³/mol. The summed E-state index contributed by atoms with van der Waals surface area (Å²) in [4.78, 5) is 11.8. The van der Waals surface area contributed by atoms with E-state index >= 15 is 0 Å². The van der Waals surface area contributed by atoms with Crippen molar-refractivity contribution in [3.05, 3.63) is 35.7 Å². The number of anilines is 2.